The van der Waals surface area contributed by atoms with Crippen LogP contribution in [0, 0.1) is 6.92 Å². The maximum absolute atomic E-state index is 12.6. The van der Waals surface area contributed by atoms with Crippen molar-refractivity contribution >= 4 is 17.2 Å². The quantitative estimate of drug-likeness (QED) is 0.621. The number of rotatable bonds is 5. The number of carbonyl (C=O) groups excluding carboxylic acids is 1. The number of hydrogen-bond acceptors (Lipinski definition) is 7. The molecule has 5 rings (SSSR count). The third-order valence-electron chi connectivity index (χ3n) is 5.94. The second kappa shape index (κ2) is 7.75. The standard InChI is InChI=1S/C21H26N8O2/c1-4-29-18(14-9-22-13(2)23-10-14)26-17-19(29)24-12-25-20(17)31-16-7-8-28(11-16)21(30)27(3)15-5-6-15/h9-10,12,15-16H,4-8,11H2,1-3H3/t16-/m0/s1. The molecule has 1 aliphatic heterocycles. The van der Waals surface area contributed by atoms with Crippen molar-refractivity contribution in [2.75, 3.05) is 20.1 Å². The first-order valence-electron chi connectivity index (χ1n) is 10.7. The van der Waals surface area contributed by atoms with E-state index in [2.05, 4.69) is 19.9 Å². The summed E-state index contributed by atoms with van der Waals surface area (Å²) in [4.78, 5) is 38.5. The Labute approximate surface area is 180 Å². The van der Waals surface area contributed by atoms with Gasteiger partial charge in [0.25, 0.3) is 0 Å². The Morgan fingerprint density at radius 3 is 2.68 bits per heavy atom. The first-order chi connectivity index (χ1) is 15.0. The molecule has 1 saturated carbocycles. The molecule has 3 aromatic heterocycles. The molecule has 0 bridgehead atoms. The van der Waals surface area contributed by atoms with Crippen LogP contribution in [0.3, 0.4) is 0 Å². The lowest BCUT2D eigenvalue weighted by Crippen LogP contribution is -2.41. The molecule has 2 fully saturated rings. The number of imidazole rings is 1. The van der Waals surface area contributed by atoms with Gasteiger partial charge in [0.2, 0.25) is 5.88 Å². The van der Waals surface area contributed by atoms with Crippen molar-refractivity contribution in [2.45, 2.75) is 51.8 Å². The number of urea groups is 1. The molecule has 10 nitrogen and oxygen atoms in total. The van der Waals surface area contributed by atoms with E-state index in [1.807, 2.05) is 35.3 Å². The Bertz CT molecular complexity index is 1110. The summed E-state index contributed by atoms with van der Waals surface area (Å²) in [6.45, 7) is 5.81. The van der Waals surface area contributed by atoms with Crippen molar-refractivity contribution in [3.63, 3.8) is 0 Å². The van der Waals surface area contributed by atoms with Crippen molar-refractivity contribution in [3.8, 4) is 17.3 Å². The van der Waals surface area contributed by atoms with Gasteiger partial charge in [0.15, 0.2) is 11.2 Å². The smallest absolute Gasteiger partial charge is 0.320 e. The Balaban J connectivity index is 1.39. The van der Waals surface area contributed by atoms with Gasteiger partial charge in [-0.2, -0.15) is 4.98 Å². The highest BCUT2D eigenvalue weighted by Gasteiger charge is 2.36. The van der Waals surface area contributed by atoms with Gasteiger partial charge in [-0.1, -0.05) is 0 Å². The molecule has 1 atom stereocenters. The SMILES string of the molecule is CCn1c(-c2cnc(C)nc2)nc2c(O[C@H]3CCN(C(=O)N(C)C4CC4)C3)ncnc21. The molecule has 3 aromatic rings. The summed E-state index contributed by atoms with van der Waals surface area (Å²) in [7, 11) is 1.88. The van der Waals surface area contributed by atoms with Gasteiger partial charge in [0.05, 0.1) is 12.1 Å². The maximum Gasteiger partial charge on any atom is 0.320 e. The molecule has 0 aromatic carbocycles. The van der Waals surface area contributed by atoms with Crippen LogP contribution in [0.1, 0.15) is 32.0 Å². The number of aromatic nitrogens is 6. The van der Waals surface area contributed by atoms with Gasteiger partial charge in [-0.15, -0.1) is 0 Å². The predicted molar refractivity (Wildman–Crippen MR) is 114 cm³/mol. The van der Waals surface area contributed by atoms with Gasteiger partial charge in [-0.25, -0.2) is 24.7 Å². The average molecular weight is 422 g/mol. The van der Waals surface area contributed by atoms with Crippen LogP contribution in [0.4, 0.5) is 4.79 Å². The Kier molecular flexibility index (Phi) is 4.91. The third kappa shape index (κ3) is 3.66. The van der Waals surface area contributed by atoms with Crippen molar-refractivity contribution in [2.24, 2.45) is 0 Å². The normalized spacial score (nSPS) is 18.5. The monoisotopic (exact) mass is 422 g/mol. The summed E-state index contributed by atoms with van der Waals surface area (Å²) in [6.07, 6.45) is 7.88. The molecule has 0 unspecified atom stereocenters. The second-order valence-electron chi connectivity index (χ2n) is 8.15. The van der Waals surface area contributed by atoms with Gasteiger partial charge in [0, 0.05) is 45.0 Å². The van der Waals surface area contributed by atoms with E-state index in [0.29, 0.717) is 48.5 Å². The van der Waals surface area contributed by atoms with Crippen LogP contribution in [-0.2, 0) is 6.54 Å². The predicted octanol–water partition coefficient (Wildman–Crippen LogP) is 2.28. The van der Waals surface area contributed by atoms with E-state index in [0.717, 1.165) is 30.7 Å². The number of nitrogens with zero attached hydrogens (tertiary/aromatic N) is 8. The van der Waals surface area contributed by atoms with Crippen LogP contribution in [-0.4, -0.2) is 77.6 Å². The summed E-state index contributed by atoms with van der Waals surface area (Å²) in [6, 6.07) is 0.481. The lowest BCUT2D eigenvalue weighted by atomic mass is 10.3. The molecule has 4 heterocycles. The van der Waals surface area contributed by atoms with E-state index >= 15 is 0 Å². The number of aryl methyl sites for hydroxylation is 2. The molecule has 0 spiro atoms. The maximum atomic E-state index is 12.6. The van der Waals surface area contributed by atoms with E-state index in [1.54, 1.807) is 12.4 Å². The lowest BCUT2D eigenvalue weighted by molar-refractivity contribution is 0.158. The molecule has 2 aliphatic rings. The zero-order valence-electron chi connectivity index (χ0n) is 18.0. The van der Waals surface area contributed by atoms with Crippen molar-refractivity contribution in [3.05, 3.63) is 24.5 Å². The number of likely N-dealkylation sites (tertiary alicyclic amines) is 1. The van der Waals surface area contributed by atoms with Crippen molar-refractivity contribution < 1.29 is 9.53 Å². The second-order valence-corrected chi connectivity index (χ2v) is 8.15. The highest BCUT2D eigenvalue weighted by atomic mass is 16.5. The summed E-state index contributed by atoms with van der Waals surface area (Å²) in [5.74, 6) is 1.89. The molecular weight excluding hydrogens is 396 g/mol. The fraction of sp³-hybridized carbons (Fsp3) is 0.524. The van der Waals surface area contributed by atoms with Crippen LogP contribution in [0.5, 0.6) is 5.88 Å². The summed E-state index contributed by atoms with van der Waals surface area (Å²) in [5, 5.41) is 0. The Hall–Kier alpha value is -3.30. The number of carbonyl (C=O) groups is 1. The van der Waals surface area contributed by atoms with E-state index in [-0.39, 0.29) is 12.1 Å². The number of fused-ring (bicyclic) bond motifs is 1. The Morgan fingerprint density at radius 1 is 1.19 bits per heavy atom. The number of hydrogen-bond donors (Lipinski definition) is 0. The van der Waals surface area contributed by atoms with Gasteiger partial charge < -0.3 is 19.1 Å². The van der Waals surface area contributed by atoms with Crippen molar-refractivity contribution in [1.29, 1.82) is 0 Å². The first kappa shape index (κ1) is 19.7. The molecule has 31 heavy (non-hydrogen) atoms. The zero-order valence-corrected chi connectivity index (χ0v) is 18.0. The summed E-state index contributed by atoms with van der Waals surface area (Å²) < 4.78 is 8.23. The van der Waals surface area contributed by atoms with E-state index < -0.39 is 0 Å². The minimum Gasteiger partial charge on any atom is -0.471 e. The molecule has 162 valence electrons. The van der Waals surface area contributed by atoms with Crippen LogP contribution in [0.2, 0.25) is 0 Å². The van der Waals surface area contributed by atoms with E-state index in [1.165, 1.54) is 6.33 Å². The first-order valence-corrected chi connectivity index (χ1v) is 10.7. The molecule has 0 radical (unpaired) electrons. The van der Waals surface area contributed by atoms with E-state index in [9.17, 15) is 4.79 Å². The topological polar surface area (TPSA) is 102 Å². The number of ether oxygens (including phenoxy) is 1. The fourth-order valence-electron chi connectivity index (χ4n) is 4.03. The molecule has 10 heteroatoms. The minimum atomic E-state index is -0.118. The van der Waals surface area contributed by atoms with Gasteiger partial charge in [0.1, 0.15) is 24.1 Å². The lowest BCUT2D eigenvalue weighted by Gasteiger charge is -2.24. The van der Waals surface area contributed by atoms with Crippen LogP contribution in [0.15, 0.2) is 18.7 Å². The average Bonchev–Trinajstić information content (AvgIpc) is 3.41. The van der Waals surface area contributed by atoms with Crippen LogP contribution < -0.4 is 4.74 Å². The van der Waals surface area contributed by atoms with E-state index in [4.69, 9.17) is 9.72 Å². The highest BCUT2D eigenvalue weighted by Crippen LogP contribution is 2.30. The molecule has 2 amide bonds. The Morgan fingerprint density at radius 2 is 1.97 bits per heavy atom. The zero-order chi connectivity index (χ0) is 21.5. The minimum absolute atomic E-state index is 0.0818. The van der Waals surface area contributed by atoms with Gasteiger partial charge >= 0.3 is 6.03 Å². The molecular formula is C21H26N8O2. The summed E-state index contributed by atoms with van der Waals surface area (Å²) >= 11 is 0. The fourth-order valence-corrected chi connectivity index (χ4v) is 4.03. The van der Waals surface area contributed by atoms with Gasteiger partial charge in [-0.05, 0) is 26.7 Å². The van der Waals surface area contributed by atoms with Crippen LogP contribution >= 0.6 is 0 Å². The van der Waals surface area contributed by atoms with Crippen molar-refractivity contribution in [1.82, 2.24) is 39.3 Å². The highest BCUT2D eigenvalue weighted by molar-refractivity contribution is 5.81. The number of amides is 2. The summed E-state index contributed by atoms with van der Waals surface area (Å²) in [5.41, 5.74) is 2.14. The molecule has 0 N–H and O–H groups in total. The largest absolute Gasteiger partial charge is 0.471 e. The van der Waals surface area contributed by atoms with Gasteiger partial charge in [-0.3, -0.25) is 0 Å². The third-order valence-corrected chi connectivity index (χ3v) is 5.94. The molecule has 1 aliphatic carbocycles. The molecule has 1 saturated heterocycles. The van der Waals surface area contributed by atoms with Crippen LogP contribution in [0.25, 0.3) is 22.6 Å².